The third-order valence-corrected chi connectivity index (χ3v) is 4.01. The Morgan fingerprint density at radius 3 is 2.70 bits per heavy atom. The number of aromatic nitrogens is 2. The maximum Gasteiger partial charge on any atom is 0.323 e. The Labute approximate surface area is 140 Å². The maximum absolute atomic E-state index is 12.0. The maximum atomic E-state index is 12.0. The summed E-state index contributed by atoms with van der Waals surface area (Å²) in [6.45, 7) is 0. The summed E-state index contributed by atoms with van der Waals surface area (Å²) >= 11 is 12.0. The number of nitrogens with one attached hydrogen (secondary N) is 3. The molecule has 0 aliphatic carbocycles. The van der Waals surface area contributed by atoms with Gasteiger partial charge in [-0.15, -0.1) is 0 Å². The van der Waals surface area contributed by atoms with Crippen LogP contribution in [0.4, 0.5) is 5.69 Å². The second-order valence-electron chi connectivity index (χ2n) is 4.81. The number of fused-ring (bicyclic) bond motifs is 1. The van der Waals surface area contributed by atoms with Gasteiger partial charge >= 0.3 is 5.69 Å². The quantitative estimate of drug-likeness (QED) is 0.630. The van der Waals surface area contributed by atoms with Crippen molar-refractivity contribution in [1.82, 2.24) is 9.97 Å². The van der Waals surface area contributed by atoms with Crippen LogP contribution in [0.5, 0.6) is 0 Å². The van der Waals surface area contributed by atoms with Crippen LogP contribution in [0.2, 0.25) is 10.0 Å². The average molecular weight is 348 g/mol. The van der Waals surface area contributed by atoms with E-state index in [4.69, 9.17) is 23.2 Å². The molecular formula is C16H11Cl2N3O2. The van der Waals surface area contributed by atoms with Crippen molar-refractivity contribution in [3.8, 4) is 0 Å². The zero-order chi connectivity index (χ0) is 16.4. The van der Waals surface area contributed by atoms with E-state index in [1.807, 2.05) is 0 Å². The predicted molar refractivity (Wildman–Crippen MR) is 93.0 cm³/mol. The van der Waals surface area contributed by atoms with Crippen LogP contribution >= 0.6 is 23.2 Å². The minimum atomic E-state index is -0.321. The predicted octanol–water partition coefficient (Wildman–Crippen LogP) is 3.81. The minimum absolute atomic E-state index is 0.293. The number of benzene rings is 2. The van der Waals surface area contributed by atoms with Crippen molar-refractivity contribution in [3.63, 3.8) is 0 Å². The molecule has 0 aliphatic heterocycles. The summed E-state index contributed by atoms with van der Waals surface area (Å²) in [4.78, 5) is 28.4. The molecule has 3 N–H and O–H groups in total. The third-order valence-electron chi connectivity index (χ3n) is 3.18. The van der Waals surface area contributed by atoms with Crippen LogP contribution in [0.15, 0.2) is 47.3 Å². The fourth-order valence-corrected chi connectivity index (χ4v) is 2.48. The number of anilines is 1. The van der Waals surface area contributed by atoms with Gasteiger partial charge in [-0.05, 0) is 35.9 Å². The van der Waals surface area contributed by atoms with Crippen molar-refractivity contribution in [1.29, 1.82) is 0 Å². The summed E-state index contributed by atoms with van der Waals surface area (Å²) < 4.78 is 0. The Bertz CT molecular complexity index is 973. The van der Waals surface area contributed by atoms with Crippen LogP contribution in [0, 0.1) is 0 Å². The molecule has 0 fully saturated rings. The highest BCUT2D eigenvalue weighted by molar-refractivity contribution is 6.42. The lowest BCUT2D eigenvalue weighted by molar-refractivity contribution is -0.111. The van der Waals surface area contributed by atoms with Crippen LogP contribution < -0.4 is 11.0 Å². The highest BCUT2D eigenvalue weighted by atomic mass is 35.5. The van der Waals surface area contributed by atoms with E-state index in [2.05, 4.69) is 15.3 Å². The number of hydrogen-bond donors (Lipinski definition) is 3. The summed E-state index contributed by atoms with van der Waals surface area (Å²) in [7, 11) is 0. The molecular weight excluding hydrogens is 337 g/mol. The first-order valence-electron chi connectivity index (χ1n) is 6.68. The molecule has 116 valence electrons. The molecule has 23 heavy (non-hydrogen) atoms. The van der Waals surface area contributed by atoms with Crippen LogP contribution in [-0.2, 0) is 4.79 Å². The van der Waals surface area contributed by atoms with Gasteiger partial charge in [0.1, 0.15) is 0 Å². The van der Waals surface area contributed by atoms with E-state index < -0.39 is 0 Å². The molecule has 3 rings (SSSR count). The van der Waals surface area contributed by atoms with E-state index >= 15 is 0 Å². The molecule has 0 aliphatic rings. The molecule has 0 saturated heterocycles. The van der Waals surface area contributed by atoms with Crippen molar-refractivity contribution >= 4 is 51.9 Å². The van der Waals surface area contributed by atoms with Crippen LogP contribution in [0.25, 0.3) is 17.1 Å². The van der Waals surface area contributed by atoms with E-state index in [0.717, 1.165) is 0 Å². The third kappa shape index (κ3) is 3.47. The van der Waals surface area contributed by atoms with Crippen molar-refractivity contribution in [2.45, 2.75) is 0 Å². The van der Waals surface area contributed by atoms with Gasteiger partial charge in [-0.2, -0.15) is 0 Å². The van der Waals surface area contributed by atoms with Gasteiger partial charge in [0.25, 0.3) is 0 Å². The molecule has 0 unspecified atom stereocenters. The topological polar surface area (TPSA) is 77.8 Å². The first kappa shape index (κ1) is 15.4. The van der Waals surface area contributed by atoms with Gasteiger partial charge in [-0.25, -0.2) is 4.79 Å². The Kier molecular flexibility index (Phi) is 4.23. The van der Waals surface area contributed by atoms with Gasteiger partial charge in [-0.1, -0.05) is 35.3 Å². The standard InChI is InChI=1S/C16H11Cl2N3O2/c17-11-3-1-2-9(15(11)18)4-7-14(22)19-10-5-6-12-13(8-10)21-16(23)20-12/h1-8H,(H,19,22)(H2,20,21,23)/b7-4+. The first-order chi connectivity index (χ1) is 11.0. The van der Waals surface area contributed by atoms with E-state index in [-0.39, 0.29) is 11.6 Å². The molecule has 1 heterocycles. The highest BCUT2D eigenvalue weighted by Gasteiger charge is 2.04. The number of H-pyrrole nitrogens is 2. The average Bonchev–Trinajstić information content (AvgIpc) is 2.88. The Morgan fingerprint density at radius 2 is 1.87 bits per heavy atom. The fourth-order valence-electron chi connectivity index (χ4n) is 2.11. The molecule has 5 nitrogen and oxygen atoms in total. The monoisotopic (exact) mass is 347 g/mol. The number of carbonyl (C=O) groups excluding carboxylic acids is 1. The van der Waals surface area contributed by atoms with E-state index in [1.54, 1.807) is 42.5 Å². The Morgan fingerprint density at radius 1 is 1.09 bits per heavy atom. The Balaban J connectivity index is 1.76. The van der Waals surface area contributed by atoms with Crippen molar-refractivity contribution in [3.05, 3.63) is 68.6 Å². The van der Waals surface area contributed by atoms with Gasteiger partial charge < -0.3 is 15.3 Å². The summed E-state index contributed by atoms with van der Waals surface area (Å²) in [6, 6.07) is 10.3. The lowest BCUT2D eigenvalue weighted by Gasteiger charge is -2.03. The molecule has 0 atom stereocenters. The summed E-state index contributed by atoms with van der Waals surface area (Å²) in [5.74, 6) is -0.321. The number of amides is 1. The van der Waals surface area contributed by atoms with Crippen LogP contribution in [0.3, 0.4) is 0 Å². The number of rotatable bonds is 3. The largest absolute Gasteiger partial charge is 0.323 e. The van der Waals surface area contributed by atoms with Gasteiger partial charge in [0.05, 0.1) is 21.1 Å². The number of hydrogen-bond acceptors (Lipinski definition) is 2. The number of carbonyl (C=O) groups is 1. The number of aromatic amines is 2. The summed E-state index contributed by atoms with van der Waals surface area (Å²) in [5.41, 5.74) is 2.22. The lowest BCUT2D eigenvalue weighted by Crippen LogP contribution is -2.07. The molecule has 0 bridgehead atoms. The summed E-state index contributed by atoms with van der Waals surface area (Å²) in [5, 5.41) is 3.53. The lowest BCUT2D eigenvalue weighted by atomic mass is 10.2. The van der Waals surface area contributed by atoms with E-state index in [9.17, 15) is 9.59 Å². The number of halogens is 2. The molecule has 2 aromatic carbocycles. The zero-order valence-electron chi connectivity index (χ0n) is 11.7. The van der Waals surface area contributed by atoms with E-state index in [1.165, 1.54) is 6.08 Å². The molecule has 1 aromatic heterocycles. The minimum Gasteiger partial charge on any atom is -0.322 e. The van der Waals surface area contributed by atoms with Crippen molar-refractivity contribution < 1.29 is 4.79 Å². The molecule has 7 heteroatoms. The number of imidazole rings is 1. The molecule has 0 saturated carbocycles. The van der Waals surface area contributed by atoms with Crippen LogP contribution in [0.1, 0.15) is 5.56 Å². The highest BCUT2D eigenvalue weighted by Crippen LogP contribution is 2.26. The van der Waals surface area contributed by atoms with Gasteiger partial charge in [0, 0.05) is 11.8 Å². The zero-order valence-corrected chi connectivity index (χ0v) is 13.2. The molecule has 0 radical (unpaired) electrons. The molecule has 3 aromatic rings. The second-order valence-corrected chi connectivity index (χ2v) is 5.59. The van der Waals surface area contributed by atoms with Crippen molar-refractivity contribution in [2.24, 2.45) is 0 Å². The SMILES string of the molecule is O=C(/C=C/c1cccc(Cl)c1Cl)Nc1ccc2[nH]c(=O)[nH]c2c1. The first-order valence-corrected chi connectivity index (χ1v) is 7.43. The molecule has 0 spiro atoms. The van der Waals surface area contributed by atoms with Gasteiger partial charge in [0.2, 0.25) is 5.91 Å². The van der Waals surface area contributed by atoms with Crippen LogP contribution in [-0.4, -0.2) is 15.9 Å². The smallest absolute Gasteiger partial charge is 0.322 e. The van der Waals surface area contributed by atoms with E-state index in [0.29, 0.717) is 32.3 Å². The fraction of sp³-hybridized carbons (Fsp3) is 0. The van der Waals surface area contributed by atoms with Gasteiger partial charge in [-0.3, -0.25) is 4.79 Å². The van der Waals surface area contributed by atoms with Crippen molar-refractivity contribution in [2.75, 3.05) is 5.32 Å². The second kappa shape index (κ2) is 6.32. The summed E-state index contributed by atoms with van der Waals surface area (Å²) in [6.07, 6.45) is 2.95. The van der Waals surface area contributed by atoms with Gasteiger partial charge in [0.15, 0.2) is 0 Å². The molecule has 1 amide bonds. The normalized spacial score (nSPS) is 11.2. The Hall–Kier alpha value is -2.50.